The molecular weight excluding hydrogens is 258 g/mol. The van der Waals surface area contributed by atoms with Crippen molar-refractivity contribution in [2.45, 2.75) is 17.2 Å². The summed E-state index contributed by atoms with van der Waals surface area (Å²) >= 11 is 5.50. The molecule has 1 atom stereocenters. The summed E-state index contributed by atoms with van der Waals surface area (Å²) in [5.74, 6) is 0.688. The summed E-state index contributed by atoms with van der Waals surface area (Å²) in [6.07, 6.45) is 3.41. The average Bonchev–Trinajstić information content (AvgIpc) is 2.70. The zero-order chi connectivity index (χ0) is 9.97. The van der Waals surface area contributed by atoms with E-state index in [2.05, 4.69) is 45.7 Å². The van der Waals surface area contributed by atoms with Crippen LogP contribution < -0.4 is 5.32 Å². The highest BCUT2D eigenvalue weighted by Gasteiger charge is 2.21. The van der Waals surface area contributed by atoms with Crippen LogP contribution in [0.4, 0.5) is 0 Å². The molecule has 1 heterocycles. The Balaban J connectivity index is 2.37. The van der Waals surface area contributed by atoms with Crippen molar-refractivity contribution in [1.29, 1.82) is 0 Å². The van der Waals surface area contributed by atoms with Crippen molar-refractivity contribution in [2.24, 2.45) is 0 Å². The van der Waals surface area contributed by atoms with Gasteiger partial charge in [-0.3, -0.25) is 0 Å². The molecule has 1 fully saturated rings. The van der Waals surface area contributed by atoms with Crippen LogP contribution in [0.15, 0.2) is 27.6 Å². The summed E-state index contributed by atoms with van der Waals surface area (Å²) in [5, 5.41) is 3.42. The first-order valence-electron chi connectivity index (χ1n) is 4.86. The van der Waals surface area contributed by atoms with Crippen LogP contribution in [0.5, 0.6) is 0 Å². The predicted octanol–water partition coefficient (Wildman–Crippen LogP) is 3.25. The number of hydrogen-bond donors (Lipinski definition) is 1. The van der Waals surface area contributed by atoms with Crippen LogP contribution in [0.1, 0.15) is 17.9 Å². The minimum Gasteiger partial charge on any atom is -0.316 e. The molecule has 0 bridgehead atoms. The molecule has 0 saturated carbocycles. The second kappa shape index (κ2) is 4.69. The van der Waals surface area contributed by atoms with Gasteiger partial charge in [-0.15, -0.1) is 11.8 Å². The van der Waals surface area contributed by atoms with Gasteiger partial charge in [-0.1, -0.05) is 22.0 Å². The van der Waals surface area contributed by atoms with E-state index in [4.69, 9.17) is 0 Å². The van der Waals surface area contributed by atoms with Crippen molar-refractivity contribution in [3.05, 3.63) is 28.2 Å². The lowest BCUT2D eigenvalue weighted by Crippen LogP contribution is -2.08. The van der Waals surface area contributed by atoms with Gasteiger partial charge in [-0.05, 0) is 42.8 Å². The molecule has 0 spiro atoms. The lowest BCUT2D eigenvalue weighted by atomic mass is 9.98. The lowest BCUT2D eigenvalue weighted by Gasteiger charge is -2.15. The molecule has 2 rings (SSSR count). The number of halogens is 1. The molecule has 1 nitrogen and oxygen atoms in total. The van der Waals surface area contributed by atoms with Gasteiger partial charge in [0.25, 0.3) is 0 Å². The highest BCUT2D eigenvalue weighted by Crippen LogP contribution is 2.36. The van der Waals surface area contributed by atoms with Gasteiger partial charge in [0.2, 0.25) is 0 Å². The summed E-state index contributed by atoms with van der Waals surface area (Å²) in [7, 11) is 0. The fourth-order valence-corrected chi connectivity index (χ4v) is 3.52. The third kappa shape index (κ3) is 2.00. The van der Waals surface area contributed by atoms with Crippen LogP contribution in [0.25, 0.3) is 0 Å². The van der Waals surface area contributed by atoms with Crippen molar-refractivity contribution >= 4 is 27.7 Å². The van der Waals surface area contributed by atoms with E-state index in [1.165, 1.54) is 21.4 Å². The number of thioether (sulfide) groups is 1. The number of rotatable bonds is 2. The topological polar surface area (TPSA) is 12.0 Å². The van der Waals surface area contributed by atoms with Gasteiger partial charge in [0.1, 0.15) is 0 Å². The molecule has 76 valence electrons. The third-order valence-electron chi connectivity index (χ3n) is 2.70. The molecule has 0 aromatic heterocycles. The van der Waals surface area contributed by atoms with E-state index >= 15 is 0 Å². The highest BCUT2D eigenvalue weighted by atomic mass is 79.9. The van der Waals surface area contributed by atoms with E-state index in [9.17, 15) is 0 Å². The molecule has 0 aliphatic carbocycles. The SMILES string of the molecule is CSc1cccc(Br)c1C1CCNC1. The molecule has 14 heavy (non-hydrogen) atoms. The van der Waals surface area contributed by atoms with Gasteiger partial charge in [0.05, 0.1) is 0 Å². The molecule has 1 aliphatic heterocycles. The Morgan fingerprint density at radius 1 is 1.50 bits per heavy atom. The van der Waals surface area contributed by atoms with Crippen LogP contribution in [-0.4, -0.2) is 19.3 Å². The van der Waals surface area contributed by atoms with Crippen LogP contribution in [0.2, 0.25) is 0 Å². The van der Waals surface area contributed by atoms with Gasteiger partial charge in [0, 0.05) is 15.9 Å². The Kier molecular flexibility index (Phi) is 3.52. The van der Waals surface area contributed by atoms with Gasteiger partial charge >= 0.3 is 0 Å². The normalized spacial score (nSPS) is 21.4. The van der Waals surface area contributed by atoms with E-state index < -0.39 is 0 Å². The fraction of sp³-hybridized carbons (Fsp3) is 0.455. The third-order valence-corrected chi connectivity index (χ3v) is 4.19. The lowest BCUT2D eigenvalue weighted by molar-refractivity contribution is 0.743. The molecule has 1 aliphatic rings. The molecule has 1 aromatic carbocycles. The van der Waals surface area contributed by atoms with E-state index in [0.29, 0.717) is 5.92 Å². The quantitative estimate of drug-likeness (QED) is 0.829. The number of nitrogens with one attached hydrogen (secondary N) is 1. The summed E-state index contributed by atoms with van der Waals surface area (Å²) in [6.45, 7) is 2.27. The Bertz CT molecular complexity index is 321. The van der Waals surface area contributed by atoms with E-state index in [-0.39, 0.29) is 0 Å². The van der Waals surface area contributed by atoms with Crippen molar-refractivity contribution in [3.63, 3.8) is 0 Å². The van der Waals surface area contributed by atoms with Crippen molar-refractivity contribution in [1.82, 2.24) is 5.32 Å². The Hall–Kier alpha value is 0.01000. The zero-order valence-corrected chi connectivity index (χ0v) is 10.6. The maximum atomic E-state index is 3.66. The maximum Gasteiger partial charge on any atom is 0.0221 e. The fourth-order valence-electron chi connectivity index (χ4n) is 1.99. The monoisotopic (exact) mass is 271 g/mol. The second-order valence-corrected chi connectivity index (χ2v) is 5.25. The molecular formula is C11H14BrNS. The van der Waals surface area contributed by atoms with Gasteiger partial charge < -0.3 is 5.32 Å². The number of hydrogen-bond acceptors (Lipinski definition) is 2. The summed E-state index contributed by atoms with van der Waals surface area (Å²) in [4.78, 5) is 1.41. The molecule has 1 aromatic rings. The van der Waals surface area contributed by atoms with E-state index in [1.807, 2.05) is 11.8 Å². The first-order chi connectivity index (χ1) is 6.83. The van der Waals surface area contributed by atoms with Gasteiger partial charge in [0.15, 0.2) is 0 Å². The smallest absolute Gasteiger partial charge is 0.0221 e. The van der Waals surface area contributed by atoms with E-state index in [0.717, 1.165) is 13.1 Å². The number of benzene rings is 1. The van der Waals surface area contributed by atoms with Crippen molar-refractivity contribution in [2.75, 3.05) is 19.3 Å². The molecule has 1 unspecified atom stereocenters. The first-order valence-corrected chi connectivity index (χ1v) is 6.88. The highest BCUT2D eigenvalue weighted by molar-refractivity contribution is 9.10. The Morgan fingerprint density at radius 3 is 3.00 bits per heavy atom. The van der Waals surface area contributed by atoms with Crippen LogP contribution in [0, 0.1) is 0 Å². The standard InChI is InChI=1S/C11H14BrNS/c1-14-10-4-2-3-9(12)11(10)8-5-6-13-7-8/h2-4,8,13H,5-7H2,1H3. The Labute approximate surface area is 97.8 Å². The van der Waals surface area contributed by atoms with Gasteiger partial charge in [-0.25, -0.2) is 0 Å². The van der Waals surface area contributed by atoms with Crippen LogP contribution >= 0.6 is 27.7 Å². The second-order valence-electron chi connectivity index (χ2n) is 3.55. The van der Waals surface area contributed by atoms with Crippen LogP contribution in [-0.2, 0) is 0 Å². The van der Waals surface area contributed by atoms with Crippen LogP contribution in [0.3, 0.4) is 0 Å². The molecule has 1 saturated heterocycles. The predicted molar refractivity (Wildman–Crippen MR) is 66.2 cm³/mol. The molecule has 3 heteroatoms. The summed E-state index contributed by atoms with van der Waals surface area (Å²) in [5.41, 5.74) is 1.49. The minimum absolute atomic E-state index is 0.688. The molecule has 1 N–H and O–H groups in total. The zero-order valence-electron chi connectivity index (χ0n) is 8.22. The largest absolute Gasteiger partial charge is 0.316 e. The van der Waals surface area contributed by atoms with Crippen molar-refractivity contribution < 1.29 is 0 Å². The first kappa shape index (κ1) is 10.5. The average molecular weight is 272 g/mol. The minimum atomic E-state index is 0.688. The van der Waals surface area contributed by atoms with E-state index in [1.54, 1.807) is 0 Å². The summed E-state index contributed by atoms with van der Waals surface area (Å²) < 4.78 is 1.26. The van der Waals surface area contributed by atoms with Gasteiger partial charge in [-0.2, -0.15) is 0 Å². The summed E-state index contributed by atoms with van der Waals surface area (Å²) in [6, 6.07) is 6.47. The molecule has 0 amide bonds. The maximum absolute atomic E-state index is 3.66. The molecule has 0 radical (unpaired) electrons. The van der Waals surface area contributed by atoms with Crippen molar-refractivity contribution in [3.8, 4) is 0 Å². The Morgan fingerprint density at radius 2 is 2.36 bits per heavy atom.